The molecule has 1 unspecified atom stereocenters. The molecule has 0 heterocycles. The van der Waals surface area contributed by atoms with E-state index in [4.69, 9.17) is 0 Å². The van der Waals surface area contributed by atoms with Crippen LogP contribution in [-0.2, 0) is 5.41 Å². The smallest absolute Gasteiger partial charge is 0.0462 e. The molecule has 0 fully saturated rings. The molecule has 1 aliphatic rings. The van der Waals surface area contributed by atoms with Gasteiger partial charge in [0.1, 0.15) is 0 Å². The third kappa shape index (κ3) is 7.23. The second-order valence-electron chi connectivity index (χ2n) is 17.8. The highest BCUT2D eigenvalue weighted by atomic mass is 15.1. The Kier molecular flexibility index (Phi) is 10.0. The highest BCUT2D eigenvalue weighted by molar-refractivity contribution is 5.94. The molecule has 0 aliphatic heterocycles. The van der Waals surface area contributed by atoms with Gasteiger partial charge in [-0.3, -0.25) is 0 Å². The molecule has 1 atom stereocenters. The molecule has 0 radical (unpaired) electrons. The topological polar surface area (TPSA) is 3.24 Å². The molecular formula is C66H47N. The Hall–Kier alpha value is -8.52. The highest BCUT2D eigenvalue weighted by Crippen LogP contribution is 2.55. The summed E-state index contributed by atoms with van der Waals surface area (Å²) in [6.07, 6.45) is 0. The Morgan fingerprint density at radius 1 is 0.269 bits per heavy atom. The van der Waals surface area contributed by atoms with Gasteiger partial charge in [-0.1, -0.05) is 224 Å². The van der Waals surface area contributed by atoms with Crippen LogP contribution in [0, 0.1) is 0 Å². The summed E-state index contributed by atoms with van der Waals surface area (Å²) in [6, 6.07) is 97.6. The number of fused-ring (bicyclic) bond motifs is 4. The number of hydrogen-bond donors (Lipinski definition) is 0. The quantitative estimate of drug-likeness (QED) is 0.140. The van der Waals surface area contributed by atoms with E-state index in [1.807, 2.05) is 0 Å². The molecule has 1 heteroatoms. The van der Waals surface area contributed by atoms with Gasteiger partial charge < -0.3 is 4.90 Å². The monoisotopic (exact) mass is 853 g/mol. The summed E-state index contributed by atoms with van der Waals surface area (Å²) < 4.78 is 0. The second-order valence-corrected chi connectivity index (χ2v) is 17.8. The van der Waals surface area contributed by atoms with Crippen molar-refractivity contribution < 1.29 is 0 Å². The van der Waals surface area contributed by atoms with Crippen molar-refractivity contribution in [1.82, 2.24) is 0 Å². The first-order valence-corrected chi connectivity index (χ1v) is 23.2. The van der Waals surface area contributed by atoms with E-state index in [1.165, 1.54) is 94.2 Å². The van der Waals surface area contributed by atoms with E-state index >= 15 is 0 Å². The third-order valence-electron chi connectivity index (χ3n) is 14.0. The van der Waals surface area contributed by atoms with Crippen LogP contribution in [0.1, 0.15) is 23.6 Å². The molecule has 0 saturated heterocycles. The van der Waals surface area contributed by atoms with Gasteiger partial charge in [0.05, 0.1) is 0 Å². The zero-order valence-corrected chi connectivity index (χ0v) is 37.4. The summed E-state index contributed by atoms with van der Waals surface area (Å²) in [5.41, 5.74) is 21.8. The van der Waals surface area contributed by atoms with Crippen LogP contribution >= 0.6 is 0 Å². The maximum atomic E-state index is 2.38. The SMILES string of the molecule is CC1(c2ccccc2)c2ccccc2-c2c(-c3ccc(N(c4ccc(-c5ccc(-c6ccccc6)cc5)cc4)c4ccc(-c5ccc(-c6ccc7ccccc7c6)cc5)cc4)cc3)cccc21. The van der Waals surface area contributed by atoms with Gasteiger partial charge in [-0.2, -0.15) is 0 Å². The summed E-state index contributed by atoms with van der Waals surface area (Å²) >= 11 is 0. The Labute approximate surface area is 393 Å². The molecule has 0 N–H and O–H groups in total. The van der Waals surface area contributed by atoms with Crippen molar-refractivity contribution in [2.24, 2.45) is 0 Å². The van der Waals surface area contributed by atoms with E-state index in [9.17, 15) is 0 Å². The normalized spacial score (nSPS) is 13.8. The van der Waals surface area contributed by atoms with Crippen LogP contribution in [0.4, 0.5) is 17.1 Å². The van der Waals surface area contributed by atoms with Crippen LogP contribution in [0.15, 0.2) is 267 Å². The van der Waals surface area contributed by atoms with Gasteiger partial charge in [0.2, 0.25) is 0 Å². The minimum atomic E-state index is -0.249. The van der Waals surface area contributed by atoms with Crippen LogP contribution in [0.2, 0.25) is 0 Å². The fourth-order valence-corrected chi connectivity index (χ4v) is 10.4. The van der Waals surface area contributed by atoms with E-state index in [2.05, 4.69) is 279 Å². The van der Waals surface area contributed by atoms with Gasteiger partial charge in [-0.15, -0.1) is 0 Å². The summed E-state index contributed by atoms with van der Waals surface area (Å²) in [5.74, 6) is 0. The lowest BCUT2D eigenvalue weighted by molar-refractivity contribution is 0.714. The molecule has 1 aliphatic carbocycles. The fourth-order valence-electron chi connectivity index (χ4n) is 10.4. The van der Waals surface area contributed by atoms with Crippen LogP contribution in [0.5, 0.6) is 0 Å². The molecule has 0 saturated carbocycles. The summed E-state index contributed by atoms with van der Waals surface area (Å²) in [4.78, 5) is 2.37. The Morgan fingerprint density at radius 2 is 0.657 bits per heavy atom. The summed E-state index contributed by atoms with van der Waals surface area (Å²) in [7, 11) is 0. The second kappa shape index (κ2) is 16.8. The average molecular weight is 854 g/mol. The van der Waals surface area contributed by atoms with Crippen molar-refractivity contribution in [3.63, 3.8) is 0 Å². The van der Waals surface area contributed by atoms with Crippen molar-refractivity contribution in [2.45, 2.75) is 12.3 Å². The van der Waals surface area contributed by atoms with Gasteiger partial charge in [0.25, 0.3) is 0 Å². The van der Waals surface area contributed by atoms with Crippen LogP contribution in [0.25, 0.3) is 77.5 Å². The molecule has 11 aromatic rings. The minimum absolute atomic E-state index is 0.249. The largest absolute Gasteiger partial charge is 0.311 e. The molecule has 1 nitrogen and oxygen atoms in total. The Balaban J connectivity index is 0.891. The Morgan fingerprint density at radius 3 is 1.22 bits per heavy atom. The van der Waals surface area contributed by atoms with Gasteiger partial charge >= 0.3 is 0 Å². The molecule has 12 rings (SSSR count). The molecular weight excluding hydrogens is 807 g/mol. The van der Waals surface area contributed by atoms with Gasteiger partial charge in [0, 0.05) is 22.5 Å². The van der Waals surface area contributed by atoms with Gasteiger partial charge in [-0.05, 0) is 144 Å². The van der Waals surface area contributed by atoms with E-state index < -0.39 is 0 Å². The predicted octanol–water partition coefficient (Wildman–Crippen LogP) is 18.0. The standard InChI is InChI=1S/C66H47N/c1-66(57-17-6-3-7-18-57)63-21-11-10-19-62(63)65-61(20-12-22-64(65)66)54-37-43-60(44-38-54)67(58-39-33-51(34-40-58)49-25-23-48(24-26-49)46-13-4-2-5-14-46)59-41-35-52(36-42-59)50-27-29-53(30-28-50)56-32-31-47-15-8-9-16-55(47)45-56/h2-45H,1H3. The molecule has 316 valence electrons. The van der Waals surface area contributed by atoms with Crippen LogP contribution < -0.4 is 4.90 Å². The van der Waals surface area contributed by atoms with Gasteiger partial charge in [-0.25, -0.2) is 0 Å². The molecule has 0 amide bonds. The van der Waals surface area contributed by atoms with Crippen molar-refractivity contribution in [3.05, 3.63) is 284 Å². The third-order valence-corrected chi connectivity index (χ3v) is 14.0. The number of anilines is 3. The van der Waals surface area contributed by atoms with E-state index in [0.717, 1.165) is 17.1 Å². The van der Waals surface area contributed by atoms with Crippen molar-refractivity contribution in [3.8, 4) is 66.8 Å². The first-order valence-electron chi connectivity index (χ1n) is 23.2. The molecule has 11 aromatic carbocycles. The Bertz CT molecular complexity index is 3520. The first-order chi connectivity index (χ1) is 33.1. The van der Waals surface area contributed by atoms with E-state index in [1.54, 1.807) is 0 Å². The minimum Gasteiger partial charge on any atom is -0.311 e. The molecule has 0 bridgehead atoms. The average Bonchev–Trinajstić information content (AvgIpc) is 3.68. The number of hydrogen-bond acceptors (Lipinski definition) is 1. The molecule has 67 heavy (non-hydrogen) atoms. The lowest BCUT2D eigenvalue weighted by Gasteiger charge is -2.28. The number of rotatable bonds is 9. The maximum Gasteiger partial charge on any atom is 0.0462 e. The summed E-state index contributed by atoms with van der Waals surface area (Å²) in [5, 5.41) is 2.52. The predicted molar refractivity (Wildman–Crippen MR) is 283 cm³/mol. The lowest BCUT2D eigenvalue weighted by atomic mass is 9.74. The number of benzene rings is 11. The van der Waals surface area contributed by atoms with Crippen molar-refractivity contribution in [1.29, 1.82) is 0 Å². The zero-order chi connectivity index (χ0) is 44.7. The van der Waals surface area contributed by atoms with Crippen LogP contribution in [-0.4, -0.2) is 0 Å². The van der Waals surface area contributed by atoms with Crippen molar-refractivity contribution in [2.75, 3.05) is 4.90 Å². The molecule has 0 aromatic heterocycles. The maximum absolute atomic E-state index is 2.38. The van der Waals surface area contributed by atoms with Crippen molar-refractivity contribution >= 4 is 27.8 Å². The van der Waals surface area contributed by atoms with Gasteiger partial charge in [0.15, 0.2) is 0 Å². The van der Waals surface area contributed by atoms with E-state index in [-0.39, 0.29) is 5.41 Å². The first kappa shape index (κ1) is 40.0. The van der Waals surface area contributed by atoms with E-state index in [0.29, 0.717) is 0 Å². The molecule has 0 spiro atoms. The highest BCUT2D eigenvalue weighted by Gasteiger charge is 2.41. The summed E-state index contributed by atoms with van der Waals surface area (Å²) in [6.45, 7) is 2.38. The van der Waals surface area contributed by atoms with Crippen LogP contribution in [0.3, 0.4) is 0 Å². The number of nitrogens with zero attached hydrogens (tertiary/aromatic N) is 1. The fraction of sp³-hybridized carbons (Fsp3) is 0.0303. The lowest BCUT2D eigenvalue weighted by Crippen LogP contribution is -2.22. The zero-order valence-electron chi connectivity index (χ0n) is 37.4.